The average Bonchev–Trinajstić information content (AvgIpc) is 2.62. The third kappa shape index (κ3) is 5.75. The van der Waals surface area contributed by atoms with Crippen molar-refractivity contribution in [2.24, 2.45) is 0 Å². The van der Waals surface area contributed by atoms with Crippen LogP contribution in [0.5, 0.6) is 5.75 Å². The smallest absolute Gasteiger partial charge is 0.335 e. The average molecular weight is 389 g/mol. The van der Waals surface area contributed by atoms with Gasteiger partial charge in [-0.25, -0.2) is 4.79 Å². The largest absolute Gasteiger partial charge is 0.484 e. The Kier molecular flexibility index (Phi) is 6.39. The van der Waals surface area contributed by atoms with E-state index >= 15 is 0 Å². The molecule has 0 aliphatic carbocycles. The highest BCUT2D eigenvalue weighted by atomic mass is 32.1. The van der Waals surface area contributed by atoms with Gasteiger partial charge in [-0.3, -0.25) is 20.2 Å². The number of nitrogens with one attached hydrogen (secondary N) is 2. The molecule has 0 aromatic heterocycles. The standard InChI is InChI=1S/C17H15N3O6S/c1-10-2-3-11(16(22)23)8-14(10)18-17(27)19-15(21)9-26-13-6-4-12(5-7-13)20(24)25/h2-8H,9H2,1H3,(H,22,23)(H2,18,19,21,27). The molecule has 9 nitrogen and oxygen atoms in total. The number of ether oxygens (including phenoxy) is 1. The number of hydrogen-bond acceptors (Lipinski definition) is 6. The van der Waals surface area contributed by atoms with Gasteiger partial charge >= 0.3 is 5.97 Å². The number of anilines is 1. The van der Waals surface area contributed by atoms with Gasteiger partial charge in [0.25, 0.3) is 11.6 Å². The molecule has 0 saturated heterocycles. The van der Waals surface area contributed by atoms with Crippen LogP contribution in [0.4, 0.5) is 11.4 Å². The summed E-state index contributed by atoms with van der Waals surface area (Å²) in [6.45, 7) is 1.41. The van der Waals surface area contributed by atoms with E-state index in [1.54, 1.807) is 13.0 Å². The van der Waals surface area contributed by atoms with Crippen LogP contribution in [-0.2, 0) is 4.79 Å². The van der Waals surface area contributed by atoms with Gasteiger partial charge in [0.15, 0.2) is 11.7 Å². The molecule has 2 aromatic rings. The molecule has 140 valence electrons. The summed E-state index contributed by atoms with van der Waals surface area (Å²) >= 11 is 5.04. The van der Waals surface area contributed by atoms with Gasteiger partial charge in [0.1, 0.15) is 5.75 Å². The number of carboxylic acids is 1. The number of amides is 1. The van der Waals surface area contributed by atoms with Crippen LogP contribution in [0.15, 0.2) is 42.5 Å². The van der Waals surface area contributed by atoms with Gasteiger partial charge in [0.05, 0.1) is 10.5 Å². The maximum absolute atomic E-state index is 11.9. The monoisotopic (exact) mass is 389 g/mol. The zero-order valence-electron chi connectivity index (χ0n) is 14.1. The number of nitro groups is 1. The van der Waals surface area contributed by atoms with E-state index in [0.717, 1.165) is 5.56 Å². The summed E-state index contributed by atoms with van der Waals surface area (Å²) in [6.07, 6.45) is 0. The lowest BCUT2D eigenvalue weighted by Crippen LogP contribution is -2.37. The molecular formula is C17H15N3O6S. The van der Waals surface area contributed by atoms with Gasteiger partial charge in [-0.15, -0.1) is 0 Å². The lowest BCUT2D eigenvalue weighted by molar-refractivity contribution is -0.384. The van der Waals surface area contributed by atoms with Crippen molar-refractivity contribution in [3.05, 3.63) is 63.7 Å². The van der Waals surface area contributed by atoms with Crippen LogP contribution in [0.3, 0.4) is 0 Å². The highest BCUT2D eigenvalue weighted by Gasteiger charge is 2.10. The summed E-state index contributed by atoms with van der Waals surface area (Å²) in [7, 11) is 0. The minimum atomic E-state index is -1.08. The van der Waals surface area contributed by atoms with Crippen molar-refractivity contribution in [1.29, 1.82) is 0 Å². The first-order valence-corrected chi connectivity index (χ1v) is 7.99. The first-order chi connectivity index (χ1) is 12.8. The number of nitrogens with zero attached hydrogens (tertiary/aromatic N) is 1. The molecule has 0 radical (unpaired) electrons. The molecule has 3 N–H and O–H groups in total. The predicted molar refractivity (Wildman–Crippen MR) is 101 cm³/mol. The molecular weight excluding hydrogens is 374 g/mol. The SMILES string of the molecule is Cc1ccc(C(=O)O)cc1NC(=S)NC(=O)COc1ccc([N+](=O)[O-])cc1. The van der Waals surface area contributed by atoms with Crippen LogP contribution in [0.25, 0.3) is 0 Å². The first-order valence-electron chi connectivity index (χ1n) is 7.58. The second kappa shape index (κ2) is 8.72. The fourth-order valence-electron chi connectivity index (χ4n) is 2.02. The molecule has 0 aliphatic rings. The van der Waals surface area contributed by atoms with Crippen LogP contribution in [0, 0.1) is 17.0 Å². The molecule has 1 amide bonds. The normalized spacial score (nSPS) is 9.96. The van der Waals surface area contributed by atoms with E-state index in [1.165, 1.54) is 36.4 Å². The molecule has 0 fully saturated rings. The van der Waals surface area contributed by atoms with Crippen molar-refractivity contribution in [3.63, 3.8) is 0 Å². The molecule has 27 heavy (non-hydrogen) atoms. The summed E-state index contributed by atoms with van der Waals surface area (Å²) in [4.78, 5) is 32.9. The number of carbonyl (C=O) groups excluding carboxylic acids is 1. The number of thiocarbonyl (C=S) groups is 1. The number of rotatable bonds is 6. The van der Waals surface area contributed by atoms with Crippen molar-refractivity contribution in [2.75, 3.05) is 11.9 Å². The topological polar surface area (TPSA) is 131 Å². The van der Waals surface area contributed by atoms with Gasteiger partial charge in [-0.2, -0.15) is 0 Å². The minimum absolute atomic E-state index is 0.0158. The molecule has 0 unspecified atom stereocenters. The molecule has 0 spiro atoms. The van der Waals surface area contributed by atoms with Crippen molar-refractivity contribution in [1.82, 2.24) is 5.32 Å². The van der Waals surface area contributed by atoms with Crippen LogP contribution >= 0.6 is 12.2 Å². The van der Waals surface area contributed by atoms with Crippen LogP contribution in [0.2, 0.25) is 0 Å². The first kappa shape index (κ1) is 19.8. The molecule has 0 atom stereocenters. The highest BCUT2D eigenvalue weighted by Crippen LogP contribution is 2.18. The summed E-state index contributed by atoms with van der Waals surface area (Å²) < 4.78 is 5.23. The second-order valence-electron chi connectivity index (χ2n) is 5.38. The Morgan fingerprint density at radius 3 is 2.48 bits per heavy atom. The lowest BCUT2D eigenvalue weighted by atomic mass is 10.1. The Bertz CT molecular complexity index is 898. The van der Waals surface area contributed by atoms with E-state index in [2.05, 4.69) is 10.6 Å². The second-order valence-corrected chi connectivity index (χ2v) is 5.79. The maximum atomic E-state index is 11.9. The number of nitro benzene ring substituents is 1. The highest BCUT2D eigenvalue weighted by molar-refractivity contribution is 7.80. The fraction of sp³-hybridized carbons (Fsp3) is 0.118. The van der Waals surface area contributed by atoms with E-state index < -0.39 is 16.8 Å². The van der Waals surface area contributed by atoms with Crippen LogP contribution in [0.1, 0.15) is 15.9 Å². The number of carboxylic acid groups (broad SMARTS) is 1. The Morgan fingerprint density at radius 2 is 1.89 bits per heavy atom. The number of non-ortho nitro benzene ring substituents is 1. The summed E-state index contributed by atoms with van der Waals surface area (Å²) in [5.74, 6) is -1.33. The van der Waals surface area contributed by atoms with Crippen LogP contribution in [-0.4, -0.2) is 33.6 Å². The van der Waals surface area contributed by atoms with E-state index in [9.17, 15) is 19.7 Å². The van der Waals surface area contributed by atoms with E-state index in [1.807, 2.05) is 0 Å². The van der Waals surface area contributed by atoms with E-state index in [0.29, 0.717) is 11.4 Å². The van der Waals surface area contributed by atoms with E-state index in [4.69, 9.17) is 22.1 Å². The lowest BCUT2D eigenvalue weighted by Gasteiger charge is -2.12. The molecule has 2 rings (SSSR count). The Morgan fingerprint density at radius 1 is 1.22 bits per heavy atom. The van der Waals surface area contributed by atoms with Gasteiger partial charge in [0, 0.05) is 17.8 Å². The Hall–Kier alpha value is -3.53. The quantitative estimate of drug-likeness (QED) is 0.390. The van der Waals surface area contributed by atoms with Gasteiger partial charge < -0.3 is 15.2 Å². The van der Waals surface area contributed by atoms with Crippen molar-refractivity contribution in [2.45, 2.75) is 6.92 Å². The fourth-order valence-corrected chi connectivity index (χ4v) is 2.24. The van der Waals surface area contributed by atoms with Gasteiger partial charge in [-0.1, -0.05) is 6.07 Å². The Balaban J connectivity index is 1.88. The summed E-state index contributed by atoms with van der Waals surface area (Å²) in [5.41, 5.74) is 1.20. The minimum Gasteiger partial charge on any atom is -0.484 e. The molecule has 0 bridgehead atoms. The number of carbonyl (C=O) groups is 2. The third-order valence-electron chi connectivity index (χ3n) is 3.40. The molecule has 0 saturated carbocycles. The number of hydrogen-bond donors (Lipinski definition) is 3. The molecule has 2 aromatic carbocycles. The molecule has 0 heterocycles. The van der Waals surface area contributed by atoms with Gasteiger partial charge in [-0.05, 0) is 49.0 Å². The third-order valence-corrected chi connectivity index (χ3v) is 3.61. The van der Waals surface area contributed by atoms with Crippen molar-refractivity contribution >= 4 is 40.6 Å². The predicted octanol–water partition coefficient (Wildman–Crippen LogP) is 2.49. The zero-order valence-corrected chi connectivity index (χ0v) is 14.9. The molecule has 0 aliphatic heterocycles. The number of aromatic carboxylic acids is 1. The molecule has 10 heteroatoms. The summed E-state index contributed by atoms with van der Waals surface area (Å²) in [5, 5.41) is 24.7. The van der Waals surface area contributed by atoms with E-state index in [-0.39, 0.29) is 23.0 Å². The number of aryl methyl sites for hydroxylation is 1. The van der Waals surface area contributed by atoms with Crippen molar-refractivity contribution in [3.8, 4) is 5.75 Å². The maximum Gasteiger partial charge on any atom is 0.335 e. The Labute approximate surface area is 159 Å². The number of benzene rings is 2. The van der Waals surface area contributed by atoms with Crippen molar-refractivity contribution < 1.29 is 24.4 Å². The zero-order chi connectivity index (χ0) is 20.0. The van der Waals surface area contributed by atoms with Gasteiger partial charge in [0.2, 0.25) is 0 Å². The van der Waals surface area contributed by atoms with Crippen LogP contribution < -0.4 is 15.4 Å². The summed E-state index contributed by atoms with van der Waals surface area (Å²) in [6, 6.07) is 9.76.